The van der Waals surface area contributed by atoms with Crippen molar-refractivity contribution in [1.82, 2.24) is 15.6 Å². The molecule has 1 aromatic heterocycles. The second-order valence-corrected chi connectivity index (χ2v) is 4.83. The van der Waals surface area contributed by atoms with Crippen LogP contribution in [0, 0.1) is 0 Å². The maximum Gasteiger partial charge on any atom is 0.269 e. The zero-order valence-corrected chi connectivity index (χ0v) is 10.6. The van der Waals surface area contributed by atoms with Crippen LogP contribution in [-0.2, 0) is 6.42 Å². The van der Waals surface area contributed by atoms with E-state index in [1.165, 1.54) is 5.69 Å². The maximum atomic E-state index is 11.6. The third-order valence-electron chi connectivity index (χ3n) is 3.78. The zero-order chi connectivity index (χ0) is 12.5. The molecule has 1 saturated heterocycles. The fourth-order valence-electron chi connectivity index (χ4n) is 2.83. The van der Waals surface area contributed by atoms with Crippen molar-refractivity contribution >= 4 is 11.6 Å². The Morgan fingerprint density at radius 1 is 1.56 bits per heavy atom. The van der Waals surface area contributed by atoms with Gasteiger partial charge in [0.15, 0.2) is 0 Å². The highest BCUT2D eigenvalue weighted by Crippen LogP contribution is 2.30. The molecule has 2 aliphatic heterocycles. The summed E-state index contributed by atoms with van der Waals surface area (Å²) in [5.74, 6) is -0.111. The minimum atomic E-state index is -0.111. The maximum absolute atomic E-state index is 11.6. The van der Waals surface area contributed by atoms with Crippen molar-refractivity contribution < 1.29 is 4.79 Å². The SMILES string of the molecule is CNC(=O)c1ccc2c(n1)CC[C@H]1CNCCN21. The van der Waals surface area contributed by atoms with Gasteiger partial charge in [0.05, 0.1) is 11.4 Å². The average Bonchev–Trinajstić information content (AvgIpc) is 2.45. The van der Waals surface area contributed by atoms with E-state index < -0.39 is 0 Å². The number of amides is 1. The Kier molecular flexibility index (Phi) is 2.91. The molecule has 1 fully saturated rings. The molecule has 1 aromatic rings. The highest BCUT2D eigenvalue weighted by molar-refractivity contribution is 5.92. The normalized spacial score (nSPS) is 22.1. The third-order valence-corrected chi connectivity index (χ3v) is 3.78. The first-order valence-corrected chi connectivity index (χ1v) is 6.49. The molecule has 0 saturated carbocycles. The number of hydrogen-bond donors (Lipinski definition) is 2. The number of rotatable bonds is 1. The standard InChI is InChI=1S/C13H18N4O/c1-14-13(18)11-4-5-12-10(16-11)3-2-9-8-15-6-7-17(9)12/h4-5,9,15H,2-3,6-8H2,1H3,(H,14,18)/t9-/m0/s1. The molecule has 96 valence electrons. The molecule has 0 aliphatic carbocycles. The lowest BCUT2D eigenvalue weighted by atomic mass is 9.97. The Morgan fingerprint density at radius 2 is 2.44 bits per heavy atom. The van der Waals surface area contributed by atoms with Crippen molar-refractivity contribution in [2.75, 3.05) is 31.6 Å². The van der Waals surface area contributed by atoms with Crippen molar-refractivity contribution in [3.8, 4) is 0 Å². The second-order valence-electron chi connectivity index (χ2n) is 4.83. The highest BCUT2D eigenvalue weighted by Gasteiger charge is 2.29. The van der Waals surface area contributed by atoms with Gasteiger partial charge in [0, 0.05) is 32.7 Å². The molecule has 5 nitrogen and oxygen atoms in total. The van der Waals surface area contributed by atoms with Gasteiger partial charge in [-0.3, -0.25) is 4.79 Å². The highest BCUT2D eigenvalue weighted by atomic mass is 16.1. The molecule has 1 amide bonds. The first-order chi connectivity index (χ1) is 8.79. The van der Waals surface area contributed by atoms with Crippen molar-refractivity contribution in [3.63, 3.8) is 0 Å². The topological polar surface area (TPSA) is 57.3 Å². The molecule has 0 aromatic carbocycles. The van der Waals surface area contributed by atoms with Crippen molar-refractivity contribution in [2.45, 2.75) is 18.9 Å². The van der Waals surface area contributed by atoms with Crippen molar-refractivity contribution in [1.29, 1.82) is 0 Å². The van der Waals surface area contributed by atoms with E-state index in [0.717, 1.165) is 38.2 Å². The number of carbonyl (C=O) groups excluding carboxylic acids is 1. The fraction of sp³-hybridized carbons (Fsp3) is 0.538. The van der Waals surface area contributed by atoms with Gasteiger partial charge in [-0.15, -0.1) is 0 Å². The predicted molar refractivity (Wildman–Crippen MR) is 70.0 cm³/mol. The van der Waals surface area contributed by atoms with E-state index in [1.54, 1.807) is 7.05 Å². The lowest BCUT2D eigenvalue weighted by Gasteiger charge is -2.42. The quantitative estimate of drug-likeness (QED) is 0.741. The summed E-state index contributed by atoms with van der Waals surface area (Å²) in [6, 6.07) is 4.45. The monoisotopic (exact) mass is 246 g/mol. The number of nitrogens with zero attached hydrogens (tertiary/aromatic N) is 2. The number of piperazine rings is 1. The summed E-state index contributed by atoms with van der Waals surface area (Å²) in [5.41, 5.74) is 2.79. The molecule has 0 bridgehead atoms. The van der Waals surface area contributed by atoms with Crippen LogP contribution in [0.1, 0.15) is 22.6 Å². The molecule has 1 atom stereocenters. The molecule has 0 unspecified atom stereocenters. The number of pyridine rings is 1. The van der Waals surface area contributed by atoms with E-state index in [9.17, 15) is 4.79 Å². The van der Waals surface area contributed by atoms with Crippen LogP contribution in [0.15, 0.2) is 12.1 Å². The molecule has 0 radical (unpaired) electrons. The van der Waals surface area contributed by atoms with Crippen LogP contribution < -0.4 is 15.5 Å². The molecule has 5 heteroatoms. The number of aromatic nitrogens is 1. The molecule has 2 N–H and O–H groups in total. The number of carbonyl (C=O) groups is 1. The molecule has 2 aliphatic rings. The second kappa shape index (κ2) is 4.57. The minimum absolute atomic E-state index is 0.111. The lowest BCUT2D eigenvalue weighted by Crippen LogP contribution is -2.53. The van der Waals surface area contributed by atoms with Gasteiger partial charge in [-0.05, 0) is 25.0 Å². The van der Waals surface area contributed by atoms with Gasteiger partial charge in [0.25, 0.3) is 5.91 Å². The van der Waals surface area contributed by atoms with E-state index >= 15 is 0 Å². The van der Waals surface area contributed by atoms with Gasteiger partial charge in [-0.25, -0.2) is 4.98 Å². The van der Waals surface area contributed by atoms with E-state index in [1.807, 2.05) is 12.1 Å². The Labute approximate surface area is 107 Å². The summed E-state index contributed by atoms with van der Waals surface area (Å²) in [4.78, 5) is 18.5. The van der Waals surface area contributed by atoms with E-state index in [0.29, 0.717) is 11.7 Å². The lowest BCUT2D eigenvalue weighted by molar-refractivity contribution is 0.0958. The van der Waals surface area contributed by atoms with Crippen LogP contribution in [0.4, 0.5) is 5.69 Å². The zero-order valence-electron chi connectivity index (χ0n) is 10.6. The molecule has 0 spiro atoms. The van der Waals surface area contributed by atoms with Gasteiger partial charge in [0.1, 0.15) is 5.69 Å². The first-order valence-electron chi connectivity index (χ1n) is 6.49. The Balaban J connectivity index is 1.93. The van der Waals surface area contributed by atoms with E-state index in [2.05, 4.69) is 20.5 Å². The van der Waals surface area contributed by atoms with Gasteiger partial charge in [-0.2, -0.15) is 0 Å². The molecular formula is C13H18N4O. The van der Waals surface area contributed by atoms with Gasteiger partial charge >= 0.3 is 0 Å². The van der Waals surface area contributed by atoms with Crippen LogP contribution in [0.3, 0.4) is 0 Å². The summed E-state index contributed by atoms with van der Waals surface area (Å²) in [7, 11) is 1.63. The number of anilines is 1. The first kappa shape index (κ1) is 11.5. The summed E-state index contributed by atoms with van der Waals surface area (Å²) in [5, 5.41) is 6.05. The Morgan fingerprint density at radius 3 is 3.28 bits per heavy atom. The number of hydrogen-bond acceptors (Lipinski definition) is 4. The van der Waals surface area contributed by atoms with Crippen LogP contribution in [0.5, 0.6) is 0 Å². The molecular weight excluding hydrogens is 228 g/mol. The molecule has 3 rings (SSSR count). The minimum Gasteiger partial charge on any atom is -0.365 e. The van der Waals surface area contributed by atoms with Crippen LogP contribution in [-0.4, -0.2) is 43.6 Å². The molecule has 18 heavy (non-hydrogen) atoms. The summed E-state index contributed by atoms with van der Waals surface area (Å²) in [6.45, 7) is 3.10. The van der Waals surface area contributed by atoms with Crippen molar-refractivity contribution in [2.24, 2.45) is 0 Å². The Bertz CT molecular complexity index is 474. The molecule has 3 heterocycles. The average molecular weight is 246 g/mol. The fourth-order valence-corrected chi connectivity index (χ4v) is 2.83. The number of nitrogens with one attached hydrogen (secondary N) is 2. The number of fused-ring (bicyclic) bond motifs is 3. The van der Waals surface area contributed by atoms with Gasteiger partial charge in [-0.1, -0.05) is 0 Å². The smallest absolute Gasteiger partial charge is 0.269 e. The summed E-state index contributed by atoms with van der Waals surface area (Å²) in [6.07, 6.45) is 2.08. The van der Waals surface area contributed by atoms with Crippen LogP contribution >= 0.6 is 0 Å². The van der Waals surface area contributed by atoms with Crippen LogP contribution in [0.2, 0.25) is 0 Å². The number of aryl methyl sites for hydroxylation is 1. The third kappa shape index (κ3) is 1.84. The van der Waals surface area contributed by atoms with Crippen LogP contribution in [0.25, 0.3) is 0 Å². The van der Waals surface area contributed by atoms with Gasteiger partial charge < -0.3 is 15.5 Å². The van der Waals surface area contributed by atoms with E-state index in [-0.39, 0.29) is 5.91 Å². The largest absolute Gasteiger partial charge is 0.365 e. The summed E-state index contributed by atoms with van der Waals surface area (Å²) >= 11 is 0. The predicted octanol–water partition coefficient (Wildman–Crippen LogP) is 0.166. The van der Waals surface area contributed by atoms with Crippen molar-refractivity contribution in [3.05, 3.63) is 23.5 Å². The van der Waals surface area contributed by atoms with E-state index in [4.69, 9.17) is 0 Å². The Hall–Kier alpha value is -1.62. The summed E-state index contributed by atoms with van der Waals surface area (Å²) < 4.78 is 0. The van der Waals surface area contributed by atoms with Gasteiger partial charge in [0.2, 0.25) is 0 Å².